The van der Waals surface area contributed by atoms with Crippen LogP contribution < -0.4 is 11.1 Å². The van der Waals surface area contributed by atoms with Crippen molar-refractivity contribution in [2.45, 2.75) is 32.7 Å². The van der Waals surface area contributed by atoms with Gasteiger partial charge in [0.25, 0.3) is 6.43 Å². The quantitative estimate of drug-likeness (QED) is 0.704. The average Bonchev–Trinajstić information content (AvgIpc) is 1.98. The lowest BCUT2D eigenvalue weighted by atomic mass is 10.1. The van der Waals surface area contributed by atoms with Crippen molar-refractivity contribution in [1.29, 1.82) is 0 Å². The molecule has 0 unspecified atom stereocenters. The minimum atomic E-state index is -2.45. The monoisotopic (exact) mass is 237 g/mol. The van der Waals surface area contributed by atoms with Gasteiger partial charge in [-0.1, -0.05) is 0 Å². The molecule has 0 aromatic rings. The molecule has 96 valence electrons. The highest BCUT2D eigenvalue weighted by Gasteiger charge is 2.18. The number of carbonyl (C=O) groups excluding carboxylic acids is 1. The Morgan fingerprint density at radius 3 is 2.38 bits per heavy atom. The molecule has 0 spiro atoms. The molecule has 0 aliphatic rings. The summed E-state index contributed by atoms with van der Waals surface area (Å²) in [5.41, 5.74) is 4.94. The Labute approximate surface area is 95.2 Å². The molecule has 4 nitrogen and oxygen atoms in total. The van der Waals surface area contributed by atoms with Crippen molar-refractivity contribution in [2.24, 2.45) is 5.73 Å². The molecule has 6 heteroatoms. The third-order valence-corrected chi connectivity index (χ3v) is 1.72. The summed E-state index contributed by atoms with van der Waals surface area (Å²) in [6.45, 7) is 5.60. The van der Waals surface area contributed by atoms with Gasteiger partial charge in [-0.05, 0) is 20.8 Å². The van der Waals surface area contributed by atoms with Gasteiger partial charge in [0.05, 0.1) is 13.1 Å². The second-order valence-electron chi connectivity index (χ2n) is 4.71. The lowest BCUT2D eigenvalue weighted by Crippen LogP contribution is -2.47. The lowest BCUT2D eigenvalue weighted by Gasteiger charge is -2.25. The molecule has 16 heavy (non-hydrogen) atoms. The highest BCUT2D eigenvalue weighted by molar-refractivity contribution is 5.78. The summed E-state index contributed by atoms with van der Waals surface area (Å²) in [5.74, 6) is -0.262. The third-order valence-electron chi connectivity index (χ3n) is 1.72. The van der Waals surface area contributed by atoms with Crippen LogP contribution in [0, 0.1) is 0 Å². The number of nitrogens with two attached hydrogens (primary N) is 1. The Balaban J connectivity index is 4.12. The van der Waals surface area contributed by atoms with Gasteiger partial charge in [0.2, 0.25) is 5.91 Å². The molecule has 0 fully saturated rings. The predicted molar refractivity (Wildman–Crippen MR) is 59.4 cm³/mol. The number of nitrogens with zero attached hydrogens (tertiary/aromatic N) is 1. The third kappa shape index (κ3) is 8.55. The van der Waals surface area contributed by atoms with E-state index in [1.165, 1.54) is 4.90 Å². The van der Waals surface area contributed by atoms with E-state index in [9.17, 15) is 13.6 Å². The largest absolute Gasteiger partial charge is 0.350 e. The van der Waals surface area contributed by atoms with Gasteiger partial charge in [0.1, 0.15) is 0 Å². The smallest absolute Gasteiger partial charge is 0.251 e. The predicted octanol–water partition coefficient (Wildman–Crippen LogP) is 0.427. The minimum absolute atomic E-state index is 0.0428. The molecule has 0 bridgehead atoms. The van der Waals surface area contributed by atoms with Crippen LogP contribution in [0.4, 0.5) is 8.78 Å². The van der Waals surface area contributed by atoms with Crippen molar-refractivity contribution in [3.63, 3.8) is 0 Å². The molecule has 0 radical (unpaired) electrons. The summed E-state index contributed by atoms with van der Waals surface area (Å²) in [6, 6.07) is 0. The Morgan fingerprint density at radius 2 is 2.00 bits per heavy atom. The molecule has 0 aromatic heterocycles. The fourth-order valence-corrected chi connectivity index (χ4v) is 1.27. The first kappa shape index (κ1) is 15.2. The summed E-state index contributed by atoms with van der Waals surface area (Å²) < 4.78 is 24.4. The number of carbonyl (C=O) groups is 1. The van der Waals surface area contributed by atoms with Crippen LogP contribution in [0.25, 0.3) is 0 Å². The van der Waals surface area contributed by atoms with Crippen LogP contribution in [0.1, 0.15) is 20.8 Å². The van der Waals surface area contributed by atoms with Gasteiger partial charge in [-0.2, -0.15) is 0 Å². The first-order valence-corrected chi connectivity index (χ1v) is 5.26. The van der Waals surface area contributed by atoms with Crippen molar-refractivity contribution in [3.05, 3.63) is 0 Å². The molecule has 0 aliphatic carbocycles. The highest BCUT2D eigenvalue weighted by Crippen LogP contribution is 2.01. The van der Waals surface area contributed by atoms with E-state index in [0.717, 1.165) is 0 Å². The normalized spacial score (nSPS) is 12.2. The van der Waals surface area contributed by atoms with Crippen molar-refractivity contribution >= 4 is 5.91 Å². The molecule has 0 aromatic carbocycles. The number of hydrogen-bond donors (Lipinski definition) is 2. The topological polar surface area (TPSA) is 58.4 Å². The number of nitrogens with one attached hydrogen (secondary N) is 1. The van der Waals surface area contributed by atoms with Crippen LogP contribution in [0.3, 0.4) is 0 Å². The number of amides is 1. The van der Waals surface area contributed by atoms with E-state index < -0.39 is 13.0 Å². The Bertz CT molecular complexity index is 217. The summed E-state index contributed by atoms with van der Waals surface area (Å²) >= 11 is 0. The number of alkyl halides is 2. The molecule has 0 aliphatic heterocycles. The lowest BCUT2D eigenvalue weighted by molar-refractivity contribution is -0.124. The van der Waals surface area contributed by atoms with Gasteiger partial charge in [0.15, 0.2) is 0 Å². The van der Waals surface area contributed by atoms with E-state index >= 15 is 0 Å². The Hall–Kier alpha value is -0.750. The molecular formula is C10H21F2N3O. The fraction of sp³-hybridized carbons (Fsp3) is 0.900. The van der Waals surface area contributed by atoms with Gasteiger partial charge in [-0.15, -0.1) is 0 Å². The van der Waals surface area contributed by atoms with Gasteiger partial charge >= 0.3 is 0 Å². The van der Waals surface area contributed by atoms with Crippen LogP contribution in [0.15, 0.2) is 0 Å². The Morgan fingerprint density at radius 1 is 1.44 bits per heavy atom. The zero-order chi connectivity index (χ0) is 12.8. The molecular weight excluding hydrogens is 216 g/mol. The molecule has 0 saturated carbocycles. The number of hydrogen-bond acceptors (Lipinski definition) is 3. The minimum Gasteiger partial charge on any atom is -0.350 e. The van der Waals surface area contributed by atoms with Crippen LogP contribution >= 0.6 is 0 Å². The van der Waals surface area contributed by atoms with Gasteiger partial charge < -0.3 is 11.1 Å². The van der Waals surface area contributed by atoms with E-state index in [1.807, 2.05) is 20.8 Å². The summed E-state index contributed by atoms with van der Waals surface area (Å²) in [5, 5.41) is 2.71. The van der Waals surface area contributed by atoms with Crippen LogP contribution in [-0.2, 0) is 4.79 Å². The molecule has 0 saturated heterocycles. The highest BCUT2D eigenvalue weighted by atomic mass is 19.3. The summed E-state index contributed by atoms with van der Waals surface area (Å²) in [7, 11) is 0. The maximum Gasteiger partial charge on any atom is 0.251 e. The Kier molecular flexibility index (Phi) is 6.43. The van der Waals surface area contributed by atoms with E-state index in [4.69, 9.17) is 5.73 Å². The number of rotatable bonds is 6. The van der Waals surface area contributed by atoms with Gasteiger partial charge in [-0.3, -0.25) is 9.69 Å². The maximum absolute atomic E-state index is 12.2. The zero-order valence-electron chi connectivity index (χ0n) is 10.1. The van der Waals surface area contributed by atoms with E-state index in [-0.39, 0.29) is 24.5 Å². The molecule has 0 heterocycles. The van der Waals surface area contributed by atoms with Crippen LogP contribution in [0.5, 0.6) is 0 Å². The van der Waals surface area contributed by atoms with Crippen molar-refractivity contribution in [2.75, 3.05) is 26.2 Å². The van der Waals surface area contributed by atoms with E-state index in [0.29, 0.717) is 6.54 Å². The molecule has 1 amide bonds. The van der Waals surface area contributed by atoms with E-state index in [2.05, 4.69) is 5.32 Å². The average molecular weight is 237 g/mol. The summed E-state index contributed by atoms with van der Waals surface area (Å²) in [6.07, 6.45) is -2.45. The second kappa shape index (κ2) is 6.75. The van der Waals surface area contributed by atoms with Gasteiger partial charge in [0, 0.05) is 18.6 Å². The van der Waals surface area contributed by atoms with Crippen molar-refractivity contribution in [3.8, 4) is 0 Å². The molecule has 0 rings (SSSR count). The van der Waals surface area contributed by atoms with Gasteiger partial charge in [-0.25, -0.2) is 8.78 Å². The fourth-order valence-electron chi connectivity index (χ4n) is 1.27. The standard InChI is InChI=1S/C10H21F2N3O/c1-10(2,3)14-9(16)7-15(5-4-13)6-8(11)12/h8H,4-7,13H2,1-3H3,(H,14,16). The molecule has 3 N–H and O–H groups in total. The van der Waals surface area contributed by atoms with E-state index in [1.54, 1.807) is 0 Å². The van der Waals surface area contributed by atoms with Crippen LogP contribution in [0.2, 0.25) is 0 Å². The first-order chi connectivity index (χ1) is 7.24. The van der Waals surface area contributed by atoms with Crippen molar-refractivity contribution < 1.29 is 13.6 Å². The first-order valence-electron chi connectivity index (χ1n) is 5.26. The second-order valence-corrected chi connectivity index (χ2v) is 4.71. The van der Waals surface area contributed by atoms with Crippen LogP contribution in [-0.4, -0.2) is 49.0 Å². The summed E-state index contributed by atoms with van der Waals surface area (Å²) in [4.78, 5) is 12.8. The zero-order valence-corrected chi connectivity index (χ0v) is 10.1. The number of halogens is 2. The maximum atomic E-state index is 12.2. The van der Waals surface area contributed by atoms with Crippen molar-refractivity contribution in [1.82, 2.24) is 10.2 Å². The molecule has 0 atom stereocenters. The SMILES string of the molecule is CC(C)(C)NC(=O)CN(CCN)CC(F)F.